The monoisotopic (exact) mass is 650 g/mol. The maximum Gasteiger partial charge on any atom is 1.00 e. The molecule has 0 atom stereocenters. The topological polar surface area (TPSA) is 140 Å². The number of methoxy groups -OCH3 is 2. The van der Waals surface area contributed by atoms with Gasteiger partial charge in [-0.2, -0.15) is 10.2 Å². The molecule has 0 radical (unpaired) electrons. The van der Waals surface area contributed by atoms with Crippen LogP contribution >= 0.6 is 34.8 Å². The van der Waals surface area contributed by atoms with Crippen molar-refractivity contribution in [2.24, 2.45) is 0 Å². The Labute approximate surface area is 282 Å². The summed E-state index contributed by atoms with van der Waals surface area (Å²) in [7, 11) is 3.09. The summed E-state index contributed by atoms with van der Waals surface area (Å²) in [5.74, 6) is 1.16. The molecule has 4 aromatic heterocycles. The minimum Gasteiger partial charge on any atom is -0.550 e. The van der Waals surface area contributed by atoms with Crippen LogP contribution < -0.4 is 49.6 Å². The summed E-state index contributed by atoms with van der Waals surface area (Å²) in [6, 6.07) is 13.8. The van der Waals surface area contributed by atoms with E-state index in [2.05, 4.69) is 20.2 Å². The molecule has 0 bridgehead atoms. The number of pyridine rings is 2. The van der Waals surface area contributed by atoms with Gasteiger partial charge in [0.1, 0.15) is 27.4 Å². The van der Waals surface area contributed by atoms with Crippen LogP contribution in [0.1, 0.15) is 6.92 Å². The number of ether oxygens (including phenoxy) is 2. The fourth-order valence-electron chi connectivity index (χ4n) is 3.81. The molecule has 6 rings (SSSR count). The number of hydrogen-bond acceptors (Lipinski definition) is 8. The quantitative estimate of drug-likeness (QED) is 0.285. The second-order valence-electron chi connectivity index (χ2n) is 8.36. The van der Waals surface area contributed by atoms with Crippen molar-refractivity contribution in [1.82, 2.24) is 29.5 Å². The third-order valence-electron chi connectivity index (χ3n) is 5.64. The number of nitrogens with one attached hydrogen (secondary N) is 1. The SMILES string of the molecule is CC(=O)[O-].COc1ccc2c(=O)cc(-n3cccn3)[nH]c2c1Cl.COc1ccc2c(Cl)cc(-n3cccn3)nc2c1Cl.[Na+]. The third-order valence-corrected chi connectivity index (χ3v) is 6.70. The zero-order valence-corrected chi connectivity index (χ0v) is 27.6. The molecule has 0 spiro atoms. The van der Waals surface area contributed by atoms with E-state index >= 15 is 0 Å². The second kappa shape index (κ2) is 15.2. The molecule has 0 aliphatic heterocycles. The molecule has 0 unspecified atom stereocenters. The fourth-order valence-corrected chi connectivity index (χ4v) is 4.63. The Morgan fingerprint density at radius 1 is 0.884 bits per heavy atom. The number of benzene rings is 2. The summed E-state index contributed by atoms with van der Waals surface area (Å²) in [5.41, 5.74) is 1.02. The maximum atomic E-state index is 12.1. The van der Waals surface area contributed by atoms with Gasteiger partial charge in [0.25, 0.3) is 0 Å². The van der Waals surface area contributed by atoms with E-state index in [-0.39, 0.29) is 35.0 Å². The molecule has 0 saturated carbocycles. The van der Waals surface area contributed by atoms with Crippen LogP contribution in [0.3, 0.4) is 0 Å². The second-order valence-corrected chi connectivity index (χ2v) is 9.52. The van der Waals surface area contributed by atoms with Gasteiger partial charge in [-0.15, -0.1) is 0 Å². The number of rotatable bonds is 4. The van der Waals surface area contributed by atoms with Gasteiger partial charge >= 0.3 is 29.6 Å². The van der Waals surface area contributed by atoms with Gasteiger partial charge in [-0.25, -0.2) is 14.3 Å². The molecule has 6 aromatic rings. The number of aromatic nitrogens is 6. The molecule has 1 N–H and O–H groups in total. The Kier molecular flexibility index (Phi) is 12.0. The zero-order chi connectivity index (χ0) is 30.4. The number of halogens is 3. The van der Waals surface area contributed by atoms with Crippen LogP contribution in [0.2, 0.25) is 15.1 Å². The zero-order valence-electron chi connectivity index (χ0n) is 23.3. The summed E-state index contributed by atoms with van der Waals surface area (Å²) in [6.45, 7) is 0.972. The fraction of sp³-hybridized carbons (Fsp3) is 0.107. The van der Waals surface area contributed by atoms with Gasteiger partial charge in [-0.1, -0.05) is 34.8 Å². The van der Waals surface area contributed by atoms with E-state index in [1.54, 1.807) is 71.6 Å². The first-order valence-corrected chi connectivity index (χ1v) is 13.2. The largest absolute Gasteiger partial charge is 1.00 e. The number of H-pyrrole nitrogens is 1. The van der Waals surface area contributed by atoms with Crippen LogP contribution in [0.25, 0.3) is 33.4 Å². The summed E-state index contributed by atoms with van der Waals surface area (Å²) in [5, 5.41) is 19.8. The number of carboxylic acid groups (broad SMARTS) is 1. The number of carbonyl (C=O) groups excluding carboxylic acids is 1. The minimum absolute atomic E-state index is 0. The molecule has 11 nitrogen and oxygen atoms in total. The van der Waals surface area contributed by atoms with Crippen molar-refractivity contribution < 1.29 is 48.9 Å². The average Bonchev–Trinajstić information content (AvgIpc) is 3.69. The van der Waals surface area contributed by atoms with E-state index in [1.165, 1.54) is 13.2 Å². The normalized spacial score (nSPS) is 10.2. The van der Waals surface area contributed by atoms with Gasteiger partial charge in [0.05, 0.1) is 30.3 Å². The van der Waals surface area contributed by atoms with E-state index in [0.29, 0.717) is 54.6 Å². The first-order chi connectivity index (χ1) is 20.1. The van der Waals surface area contributed by atoms with Crippen LogP contribution in [0.5, 0.6) is 11.5 Å². The van der Waals surface area contributed by atoms with Crippen LogP contribution in [0.4, 0.5) is 0 Å². The van der Waals surface area contributed by atoms with Crippen molar-refractivity contribution in [3.63, 3.8) is 0 Å². The third kappa shape index (κ3) is 7.88. The molecule has 4 heterocycles. The number of nitrogens with zero attached hydrogens (tertiary/aromatic N) is 5. The Morgan fingerprint density at radius 3 is 2.00 bits per heavy atom. The summed E-state index contributed by atoms with van der Waals surface area (Å²) < 4.78 is 13.5. The molecule has 216 valence electrons. The number of aromatic amines is 1. The molecule has 0 fully saturated rings. The van der Waals surface area contributed by atoms with Crippen molar-refractivity contribution in [3.8, 4) is 23.1 Å². The predicted octanol–water partition coefficient (Wildman–Crippen LogP) is 1.87. The standard InChI is InChI=1S/C13H9Cl2N3O.C13H10ClN3O2.C2H4O2.Na/c1-19-10-4-3-8-9(14)7-11(17-13(8)12(10)15)18-6-2-5-16-18;1-19-10-4-3-8-9(18)7-11(16-13(8)12(10)14)17-6-2-5-15-17;1-2(3)4;/h2-7H,1H3;2-7H,1H3,(H,16,18);1H3,(H,3,4);/q;;;+1/p-1. The van der Waals surface area contributed by atoms with E-state index in [0.717, 1.165) is 12.3 Å². The maximum absolute atomic E-state index is 12.1. The summed E-state index contributed by atoms with van der Waals surface area (Å²) in [6.07, 6.45) is 6.84. The van der Waals surface area contributed by atoms with Gasteiger partial charge in [0.2, 0.25) is 0 Å². The molecule has 43 heavy (non-hydrogen) atoms. The Hall–Kier alpha value is -3.58. The average molecular weight is 652 g/mol. The van der Waals surface area contributed by atoms with Gasteiger partial charge in [0.15, 0.2) is 11.2 Å². The smallest absolute Gasteiger partial charge is 0.550 e. The van der Waals surface area contributed by atoms with Crippen LogP contribution in [0.15, 0.2) is 78.1 Å². The molecule has 2 aromatic carbocycles. The number of carboxylic acids is 1. The van der Waals surface area contributed by atoms with Gasteiger partial charge in [-0.05, 0) is 43.3 Å². The summed E-state index contributed by atoms with van der Waals surface area (Å²) >= 11 is 18.8. The van der Waals surface area contributed by atoms with Gasteiger partial charge < -0.3 is 24.4 Å². The molecule has 0 amide bonds. The Balaban J connectivity index is 0.000000206. The van der Waals surface area contributed by atoms with Crippen LogP contribution in [-0.4, -0.2) is 49.7 Å². The molecule has 0 saturated heterocycles. The first-order valence-electron chi connectivity index (χ1n) is 12.0. The van der Waals surface area contributed by atoms with Crippen molar-refractivity contribution in [1.29, 1.82) is 0 Å². The van der Waals surface area contributed by atoms with E-state index in [4.69, 9.17) is 54.2 Å². The van der Waals surface area contributed by atoms with Crippen LogP contribution in [0, 0.1) is 0 Å². The number of carbonyl (C=O) groups is 1. The van der Waals surface area contributed by atoms with Crippen molar-refractivity contribution >= 4 is 62.6 Å². The number of fused-ring (bicyclic) bond motifs is 2. The van der Waals surface area contributed by atoms with E-state index < -0.39 is 5.97 Å². The molecule has 15 heteroatoms. The van der Waals surface area contributed by atoms with Gasteiger partial charge in [-0.3, -0.25) is 4.79 Å². The minimum atomic E-state index is -1.08. The molecule has 0 aliphatic rings. The van der Waals surface area contributed by atoms with E-state index in [1.807, 2.05) is 12.1 Å². The van der Waals surface area contributed by atoms with E-state index in [9.17, 15) is 4.79 Å². The Bertz CT molecular complexity index is 1910. The van der Waals surface area contributed by atoms with Crippen molar-refractivity contribution in [2.45, 2.75) is 6.92 Å². The van der Waals surface area contributed by atoms with Crippen LogP contribution in [-0.2, 0) is 4.79 Å². The van der Waals surface area contributed by atoms with Crippen molar-refractivity contribution in [2.75, 3.05) is 14.2 Å². The number of hydrogen-bond donors (Lipinski definition) is 1. The Morgan fingerprint density at radius 2 is 1.44 bits per heavy atom. The summed E-state index contributed by atoms with van der Waals surface area (Å²) in [4.78, 5) is 28.6. The van der Waals surface area contributed by atoms with Crippen molar-refractivity contribution in [3.05, 3.63) is 98.6 Å². The molecular formula is C28H22Cl3N6NaO5. The molecule has 0 aliphatic carbocycles. The number of aliphatic carboxylic acids is 1. The molecular weight excluding hydrogens is 630 g/mol. The predicted molar refractivity (Wildman–Crippen MR) is 159 cm³/mol. The first kappa shape index (κ1) is 33.9. The van der Waals surface area contributed by atoms with Gasteiger partial charge in [0, 0.05) is 53.7 Å².